The first-order valence-corrected chi connectivity index (χ1v) is 8.12. The van der Waals surface area contributed by atoms with Crippen molar-refractivity contribution in [3.8, 4) is 0 Å². The van der Waals surface area contributed by atoms with Crippen LogP contribution in [-0.2, 0) is 14.8 Å². The molecule has 7 nitrogen and oxygen atoms in total. The Labute approximate surface area is 127 Å². The van der Waals surface area contributed by atoms with Crippen molar-refractivity contribution in [2.45, 2.75) is 12.2 Å². The molecular formula is C9H7Cl2N3O4S2. The fraction of sp³-hybridized carbons (Fsp3) is 0.222. The predicted octanol–water partition coefficient (Wildman–Crippen LogP) is 2.21. The first-order chi connectivity index (χ1) is 9.24. The van der Waals surface area contributed by atoms with Crippen LogP contribution in [0.15, 0.2) is 6.07 Å². The number of anilines is 1. The van der Waals surface area contributed by atoms with Gasteiger partial charge in [-0.05, 0) is 13.0 Å². The lowest BCUT2D eigenvalue weighted by Crippen LogP contribution is -2.32. The molecule has 1 heterocycles. The fourth-order valence-corrected chi connectivity index (χ4v) is 3.48. The van der Waals surface area contributed by atoms with Gasteiger partial charge in [0.15, 0.2) is 5.25 Å². The van der Waals surface area contributed by atoms with Gasteiger partial charge in [0.05, 0.1) is 27.5 Å². The number of hydrogen-bond acceptors (Lipinski definition) is 6. The third kappa shape index (κ3) is 2.66. The van der Waals surface area contributed by atoms with E-state index in [0.29, 0.717) is 5.52 Å². The predicted molar refractivity (Wildman–Crippen MR) is 77.1 cm³/mol. The zero-order chi connectivity index (χ0) is 15.1. The second-order valence-corrected chi connectivity index (χ2v) is 7.15. The van der Waals surface area contributed by atoms with E-state index >= 15 is 0 Å². The maximum atomic E-state index is 11.9. The highest BCUT2D eigenvalue weighted by Crippen LogP contribution is 2.36. The van der Waals surface area contributed by atoms with Gasteiger partial charge in [0.2, 0.25) is 10.0 Å². The van der Waals surface area contributed by atoms with Gasteiger partial charge < -0.3 is 5.11 Å². The van der Waals surface area contributed by atoms with E-state index in [1.54, 1.807) is 0 Å². The van der Waals surface area contributed by atoms with Gasteiger partial charge in [0.25, 0.3) is 0 Å². The summed E-state index contributed by atoms with van der Waals surface area (Å²) in [4.78, 5) is 10.8. The molecule has 20 heavy (non-hydrogen) atoms. The minimum Gasteiger partial charge on any atom is -0.480 e. The van der Waals surface area contributed by atoms with Gasteiger partial charge in [0, 0.05) is 0 Å². The van der Waals surface area contributed by atoms with Gasteiger partial charge in [-0.3, -0.25) is 9.52 Å². The molecule has 2 aromatic rings. The molecule has 0 bridgehead atoms. The van der Waals surface area contributed by atoms with E-state index < -0.39 is 21.2 Å². The number of carboxylic acid groups (broad SMARTS) is 1. The number of sulfonamides is 1. The van der Waals surface area contributed by atoms with Gasteiger partial charge in [-0.1, -0.05) is 23.2 Å². The Morgan fingerprint density at radius 3 is 2.55 bits per heavy atom. The topological polar surface area (TPSA) is 109 Å². The van der Waals surface area contributed by atoms with E-state index in [4.69, 9.17) is 28.3 Å². The van der Waals surface area contributed by atoms with Crippen molar-refractivity contribution in [1.29, 1.82) is 0 Å². The molecule has 1 aromatic carbocycles. The Morgan fingerprint density at radius 1 is 1.35 bits per heavy atom. The molecule has 0 radical (unpaired) electrons. The number of carbonyl (C=O) groups is 1. The van der Waals surface area contributed by atoms with E-state index in [1.807, 2.05) is 0 Å². The van der Waals surface area contributed by atoms with Crippen molar-refractivity contribution in [3.63, 3.8) is 0 Å². The molecule has 0 saturated heterocycles. The summed E-state index contributed by atoms with van der Waals surface area (Å²) in [6.45, 7) is 1.05. The molecule has 0 amide bonds. The van der Waals surface area contributed by atoms with E-state index in [0.717, 1.165) is 18.7 Å². The molecule has 1 unspecified atom stereocenters. The van der Waals surface area contributed by atoms with Crippen LogP contribution < -0.4 is 4.72 Å². The number of carboxylic acids is 1. The lowest BCUT2D eigenvalue weighted by Gasteiger charge is -2.13. The fourth-order valence-electron chi connectivity index (χ4n) is 1.33. The normalized spacial score (nSPS) is 13.3. The number of rotatable bonds is 4. The SMILES string of the molecule is CC(C(=O)O)S(=O)(=O)Nc1c(Cl)cc(Cl)c2nsnc12. The number of hydrogen-bond donors (Lipinski definition) is 2. The number of halogens is 2. The van der Waals surface area contributed by atoms with Crippen LogP contribution >= 0.6 is 34.9 Å². The van der Waals surface area contributed by atoms with E-state index in [2.05, 4.69) is 13.5 Å². The van der Waals surface area contributed by atoms with Crippen molar-refractivity contribution in [3.05, 3.63) is 16.1 Å². The summed E-state index contributed by atoms with van der Waals surface area (Å²) in [5.74, 6) is -1.48. The molecule has 1 aromatic heterocycles. The number of aromatic nitrogens is 2. The lowest BCUT2D eigenvalue weighted by molar-refractivity contribution is -0.136. The zero-order valence-corrected chi connectivity index (χ0v) is 12.9. The highest BCUT2D eigenvalue weighted by molar-refractivity contribution is 7.94. The Morgan fingerprint density at radius 2 is 1.95 bits per heavy atom. The van der Waals surface area contributed by atoms with Crippen molar-refractivity contribution < 1.29 is 18.3 Å². The summed E-state index contributed by atoms with van der Waals surface area (Å²) < 4.78 is 33.8. The van der Waals surface area contributed by atoms with Gasteiger partial charge in [-0.25, -0.2) is 8.42 Å². The monoisotopic (exact) mass is 355 g/mol. The van der Waals surface area contributed by atoms with Gasteiger partial charge in [-0.2, -0.15) is 8.75 Å². The maximum absolute atomic E-state index is 11.9. The van der Waals surface area contributed by atoms with Crippen LogP contribution in [-0.4, -0.2) is 33.5 Å². The molecular weight excluding hydrogens is 349 g/mol. The summed E-state index contributed by atoms with van der Waals surface area (Å²) in [5, 5.41) is 7.38. The Balaban J connectivity index is 2.55. The van der Waals surface area contributed by atoms with Crippen LogP contribution in [0.3, 0.4) is 0 Å². The molecule has 11 heteroatoms. The summed E-state index contributed by atoms with van der Waals surface area (Å²) in [5.41, 5.74) is 0.434. The van der Waals surface area contributed by atoms with Crippen LogP contribution in [0.25, 0.3) is 11.0 Å². The maximum Gasteiger partial charge on any atom is 0.323 e. The van der Waals surface area contributed by atoms with Gasteiger partial charge in [0.1, 0.15) is 11.0 Å². The number of benzene rings is 1. The molecule has 2 rings (SSSR count). The Bertz CT molecular complexity index is 790. The molecule has 0 aliphatic rings. The second kappa shape index (κ2) is 5.32. The zero-order valence-electron chi connectivity index (χ0n) is 9.79. The summed E-state index contributed by atoms with van der Waals surface area (Å²) in [6.07, 6.45) is 0. The summed E-state index contributed by atoms with van der Waals surface area (Å²) >= 11 is 12.7. The van der Waals surface area contributed by atoms with Crippen LogP contribution in [0.1, 0.15) is 6.92 Å². The standard InChI is InChI=1S/C9H7Cl2N3O4S2/c1-3(9(15)16)20(17,18)14-7-5(11)2-4(10)6-8(7)13-19-12-6/h2-3,14H,1H3,(H,15,16). The molecule has 0 fully saturated rings. The van der Waals surface area contributed by atoms with Crippen molar-refractivity contribution >= 4 is 67.6 Å². The second-order valence-electron chi connectivity index (χ2n) is 3.80. The van der Waals surface area contributed by atoms with Crippen molar-refractivity contribution in [2.75, 3.05) is 4.72 Å². The number of aliphatic carboxylic acids is 1. The molecule has 0 aliphatic carbocycles. The average Bonchev–Trinajstić information content (AvgIpc) is 2.82. The molecule has 108 valence electrons. The van der Waals surface area contributed by atoms with E-state index in [1.165, 1.54) is 6.07 Å². The summed E-state index contributed by atoms with van der Waals surface area (Å²) in [7, 11) is -4.16. The van der Waals surface area contributed by atoms with E-state index in [-0.39, 0.29) is 21.2 Å². The molecule has 0 spiro atoms. The molecule has 2 N–H and O–H groups in total. The number of nitrogens with one attached hydrogen (secondary N) is 1. The first-order valence-electron chi connectivity index (χ1n) is 5.08. The average molecular weight is 356 g/mol. The molecule has 1 atom stereocenters. The van der Waals surface area contributed by atoms with Gasteiger partial charge >= 0.3 is 5.97 Å². The highest BCUT2D eigenvalue weighted by Gasteiger charge is 2.29. The molecule has 0 aliphatic heterocycles. The summed E-state index contributed by atoms with van der Waals surface area (Å²) in [6, 6.07) is 1.32. The molecule has 0 saturated carbocycles. The minimum atomic E-state index is -4.16. The van der Waals surface area contributed by atoms with E-state index in [9.17, 15) is 13.2 Å². The van der Waals surface area contributed by atoms with Crippen LogP contribution in [0.2, 0.25) is 10.0 Å². The lowest BCUT2D eigenvalue weighted by atomic mass is 10.3. The van der Waals surface area contributed by atoms with Crippen LogP contribution in [0, 0.1) is 0 Å². The van der Waals surface area contributed by atoms with Crippen molar-refractivity contribution in [1.82, 2.24) is 8.75 Å². The van der Waals surface area contributed by atoms with Crippen LogP contribution in [0.4, 0.5) is 5.69 Å². The first kappa shape index (κ1) is 15.2. The number of fused-ring (bicyclic) bond motifs is 1. The quantitative estimate of drug-likeness (QED) is 0.869. The third-order valence-electron chi connectivity index (χ3n) is 2.50. The Hall–Kier alpha value is -1.16. The Kier molecular flexibility index (Phi) is 4.05. The minimum absolute atomic E-state index is 0.0105. The third-order valence-corrected chi connectivity index (χ3v) is 5.24. The largest absolute Gasteiger partial charge is 0.480 e. The smallest absolute Gasteiger partial charge is 0.323 e. The highest BCUT2D eigenvalue weighted by atomic mass is 35.5. The van der Waals surface area contributed by atoms with Crippen LogP contribution in [0.5, 0.6) is 0 Å². The van der Waals surface area contributed by atoms with Gasteiger partial charge in [-0.15, -0.1) is 0 Å². The van der Waals surface area contributed by atoms with Crippen molar-refractivity contribution in [2.24, 2.45) is 0 Å². The number of nitrogens with zero attached hydrogens (tertiary/aromatic N) is 2.